The molecule has 7 nitrogen and oxygen atoms in total. The van der Waals surface area contributed by atoms with Crippen molar-refractivity contribution in [2.24, 2.45) is 0 Å². The number of esters is 1. The minimum absolute atomic E-state index is 0. The molecule has 0 spiro atoms. The first-order chi connectivity index (χ1) is 13.4. The fourth-order valence-electron chi connectivity index (χ4n) is 3.43. The molecular formula is C21H26Cl2N4O3. The molecule has 162 valence electrons. The number of hydrogen-bond donors (Lipinski definition) is 0. The fraction of sp³-hybridized carbons (Fsp3) is 0.381. The third-order valence-electron chi connectivity index (χ3n) is 5.06. The summed E-state index contributed by atoms with van der Waals surface area (Å²) in [5, 5.41) is 1.04. The van der Waals surface area contributed by atoms with Gasteiger partial charge in [0.05, 0.1) is 6.07 Å². The van der Waals surface area contributed by atoms with Gasteiger partial charge >= 0.3 is 5.97 Å². The van der Waals surface area contributed by atoms with E-state index in [1.165, 1.54) is 6.92 Å². The van der Waals surface area contributed by atoms with E-state index in [1.807, 2.05) is 49.0 Å². The second-order valence-corrected chi connectivity index (χ2v) is 7.43. The van der Waals surface area contributed by atoms with Gasteiger partial charge in [-0.2, -0.15) is 0 Å². The van der Waals surface area contributed by atoms with Crippen molar-refractivity contribution in [3.05, 3.63) is 35.7 Å². The number of likely N-dealkylation sites (N-methyl/N-ethyl adjacent to an activating group) is 1. The van der Waals surface area contributed by atoms with E-state index in [0.717, 1.165) is 42.9 Å². The Labute approximate surface area is 188 Å². The summed E-state index contributed by atoms with van der Waals surface area (Å²) in [6.07, 6.45) is 0. The van der Waals surface area contributed by atoms with Gasteiger partial charge in [-0.1, -0.05) is 0 Å². The molecule has 1 aromatic rings. The lowest BCUT2D eigenvalue weighted by atomic mass is 10.2. The van der Waals surface area contributed by atoms with Crippen LogP contribution in [0.4, 0.5) is 5.69 Å². The summed E-state index contributed by atoms with van der Waals surface area (Å²) < 4.78 is 13.7. The topological polar surface area (TPSA) is 61.8 Å². The summed E-state index contributed by atoms with van der Waals surface area (Å²) in [6, 6.07) is 9.75. The highest BCUT2D eigenvalue weighted by Crippen LogP contribution is 2.34. The molecule has 1 aliphatic carbocycles. The second-order valence-electron chi connectivity index (χ2n) is 7.43. The van der Waals surface area contributed by atoms with Gasteiger partial charge in [0.15, 0.2) is 17.1 Å². The third kappa shape index (κ3) is 4.86. The zero-order valence-corrected chi connectivity index (χ0v) is 19.1. The van der Waals surface area contributed by atoms with Crippen LogP contribution in [0.2, 0.25) is 0 Å². The molecule has 4 rings (SSSR count). The van der Waals surface area contributed by atoms with Crippen LogP contribution in [-0.2, 0) is 4.79 Å². The summed E-state index contributed by atoms with van der Waals surface area (Å²) in [5.41, 5.74) is 2.86. The van der Waals surface area contributed by atoms with Crippen LogP contribution in [0.3, 0.4) is 0 Å². The Hall–Kier alpha value is -2.35. The van der Waals surface area contributed by atoms with E-state index < -0.39 is 0 Å². The molecule has 9 heteroatoms. The molecule has 0 saturated carbocycles. The Balaban J connectivity index is 0.00000160. The molecule has 0 N–H and O–H groups in total. The number of aromatic nitrogens is 1. The number of carbonyl (C=O) groups excluding carboxylic acids is 1. The Bertz CT molecular complexity index is 1090. The van der Waals surface area contributed by atoms with Crippen LogP contribution >= 0.6 is 12.4 Å². The minimum Gasteiger partial charge on any atom is -1.00 e. The van der Waals surface area contributed by atoms with E-state index in [4.69, 9.17) is 14.1 Å². The van der Waals surface area contributed by atoms with Crippen LogP contribution in [-0.4, -0.2) is 63.2 Å². The SMILES string of the molecule is CC(=O)Oc1cc(N2CCN(C)CC2)cc2oc3cc(=[N+](C)C)ccc-3nc12.Cl.[Cl-]. The molecule has 0 radical (unpaired) electrons. The summed E-state index contributed by atoms with van der Waals surface area (Å²) in [7, 11) is 6.09. The standard InChI is InChI=1S/C21H25N4O3.2ClH/c1-14(26)27-19-12-16(25-9-7-24(4)8-10-25)13-20-21(19)22-17-6-5-15(23(2)3)11-18(17)28-20;;/h5-6,11-13H,7-10H2,1-4H3;2*1H/q+1;;/p-1. The highest BCUT2D eigenvalue weighted by Gasteiger charge is 2.20. The molecule has 2 aliphatic heterocycles. The molecule has 0 unspecified atom stereocenters. The summed E-state index contributed by atoms with van der Waals surface area (Å²) in [4.78, 5) is 21.0. The van der Waals surface area contributed by atoms with Gasteiger partial charge in [0.2, 0.25) is 5.36 Å². The maximum absolute atomic E-state index is 11.7. The normalized spacial score (nSPS) is 14.2. The first-order valence-electron chi connectivity index (χ1n) is 9.41. The average molecular weight is 453 g/mol. The number of ether oxygens (including phenoxy) is 1. The van der Waals surface area contributed by atoms with E-state index in [0.29, 0.717) is 22.6 Å². The van der Waals surface area contributed by atoms with Crippen LogP contribution in [0, 0.1) is 0 Å². The van der Waals surface area contributed by atoms with Crippen molar-refractivity contribution in [3.63, 3.8) is 0 Å². The van der Waals surface area contributed by atoms with Gasteiger partial charge in [0.1, 0.15) is 25.3 Å². The van der Waals surface area contributed by atoms with Gasteiger partial charge in [-0.3, -0.25) is 4.79 Å². The number of anilines is 1. The molecule has 0 bridgehead atoms. The predicted molar refractivity (Wildman–Crippen MR) is 116 cm³/mol. The number of nitrogens with zero attached hydrogens (tertiary/aromatic N) is 4. The highest BCUT2D eigenvalue weighted by molar-refractivity contribution is 5.88. The van der Waals surface area contributed by atoms with Gasteiger partial charge in [-0.05, 0) is 13.1 Å². The Kier molecular flexibility index (Phi) is 7.69. The van der Waals surface area contributed by atoms with Crippen LogP contribution in [0.5, 0.6) is 5.75 Å². The molecule has 1 fully saturated rings. The van der Waals surface area contributed by atoms with Crippen LogP contribution < -0.4 is 32.0 Å². The number of hydrogen-bond acceptors (Lipinski definition) is 6. The summed E-state index contributed by atoms with van der Waals surface area (Å²) in [6.45, 7) is 5.19. The van der Waals surface area contributed by atoms with Crippen molar-refractivity contribution in [1.29, 1.82) is 0 Å². The summed E-state index contributed by atoms with van der Waals surface area (Å²) >= 11 is 0. The lowest BCUT2D eigenvalue weighted by Crippen LogP contribution is -3.00. The van der Waals surface area contributed by atoms with Gasteiger partial charge in [-0.15, -0.1) is 12.4 Å². The summed E-state index contributed by atoms with van der Waals surface area (Å²) in [5.74, 6) is 0.756. The smallest absolute Gasteiger partial charge is 0.308 e. The van der Waals surface area contributed by atoms with Crippen LogP contribution in [0.1, 0.15) is 6.92 Å². The van der Waals surface area contributed by atoms with Crippen molar-refractivity contribution < 1.29 is 26.4 Å². The number of halogens is 2. The first-order valence-corrected chi connectivity index (χ1v) is 9.41. The Morgan fingerprint density at radius 1 is 1.13 bits per heavy atom. The van der Waals surface area contributed by atoms with E-state index in [1.54, 1.807) is 0 Å². The molecule has 0 amide bonds. The second kappa shape index (κ2) is 9.64. The van der Waals surface area contributed by atoms with Crippen molar-refractivity contribution in [1.82, 2.24) is 14.5 Å². The monoisotopic (exact) mass is 452 g/mol. The molecule has 2 heterocycles. The molecule has 30 heavy (non-hydrogen) atoms. The minimum atomic E-state index is -0.373. The maximum Gasteiger partial charge on any atom is 0.308 e. The van der Waals surface area contributed by atoms with Gasteiger partial charge in [0.25, 0.3) is 0 Å². The molecule has 0 aromatic heterocycles. The average Bonchev–Trinajstić information content (AvgIpc) is 2.66. The van der Waals surface area contributed by atoms with Crippen molar-refractivity contribution in [2.45, 2.75) is 6.92 Å². The number of fused-ring (bicyclic) bond motifs is 2. The van der Waals surface area contributed by atoms with Gasteiger partial charge in [0, 0.05) is 57.0 Å². The lowest BCUT2D eigenvalue weighted by molar-refractivity contribution is -0.131. The lowest BCUT2D eigenvalue weighted by Gasteiger charge is -2.34. The highest BCUT2D eigenvalue weighted by atomic mass is 35.5. The largest absolute Gasteiger partial charge is 1.00 e. The van der Waals surface area contributed by atoms with Crippen LogP contribution in [0.15, 0.2) is 34.7 Å². The van der Waals surface area contributed by atoms with Gasteiger partial charge in [-0.25, -0.2) is 9.56 Å². The fourth-order valence-corrected chi connectivity index (χ4v) is 3.43. The van der Waals surface area contributed by atoms with Crippen molar-refractivity contribution in [3.8, 4) is 17.2 Å². The van der Waals surface area contributed by atoms with E-state index in [-0.39, 0.29) is 30.8 Å². The Morgan fingerprint density at radius 3 is 2.47 bits per heavy atom. The molecule has 1 aromatic carbocycles. The van der Waals surface area contributed by atoms with Crippen LogP contribution in [0.25, 0.3) is 22.6 Å². The molecule has 3 aliphatic rings. The van der Waals surface area contributed by atoms with Gasteiger partial charge < -0.3 is 31.4 Å². The number of piperazine rings is 1. The first kappa shape index (κ1) is 23.9. The molecular weight excluding hydrogens is 427 g/mol. The molecule has 1 saturated heterocycles. The van der Waals surface area contributed by atoms with E-state index in [2.05, 4.69) is 16.8 Å². The third-order valence-corrected chi connectivity index (χ3v) is 5.06. The Morgan fingerprint density at radius 2 is 1.83 bits per heavy atom. The number of carbonyl (C=O) groups is 1. The number of benzene rings is 2. The predicted octanol–water partition coefficient (Wildman–Crippen LogP) is -0.933. The van der Waals surface area contributed by atoms with E-state index in [9.17, 15) is 4.79 Å². The van der Waals surface area contributed by atoms with E-state index >= 15 is 0 Å². The molecule has 0 atom stereocenters. The maximum atomic E-state index is 11.7. The zero-order valence-electron chi connectivity index (χ0n) is 17.5. The quantitative estimate of drug-likeness (QED) is 0.216. The number of rotatable bonds is 2. The van der Waals surface area contributed by atoms with Crippen molar-refractivity contribution in [2.75, 3.05) is 52.2 Å². The van der Waals surface area contributed by atoms with Crippen molar-refractivity contribution >= 4 is 35.2 Å². The zero-order chi connectivity index (χ0) is 19.8.